The van der Waals surface area contributed by atoms with Gasteiger partial charge in [0.25, 0.3) is 0 Å². The maximum atomic E-state index is 9.75. The molecule has 3 nitrogen and oxygen atoms in total. The Hall–Kier alpha value is -0.480. The number of aromatic nitrogens is 2. The van der Waals surface area contributed by atoms with Crippen molar-refractivity contribution < 1.29 is 5.11 Å². The highest BCUT2D eigenvalue weighted by Crippen LogP contribution is 2.17. The standard InChI is InChI=1S/C10H18N2OS/c1-8(2)6-14-7-10(13)9-4-5-12(3)11-9/h4-5,8,10,13H,6-7H2,1-3H3. The van der Waals surface area contributed by atoms with Crippen molar-refractivity contribution in [2.75, 3.05) is 11.5 Å². The van der Waals surface area contributed by atoms with Crippen LogP contribution >= 0.6 is 11.8 Å². The normalized spacial score (nSPS) is 13.5. The van der Waals surface area contributed by atoms with E-state index in [0.717, 1.165) is 17.2 Å². The van der Waals surface area contributed by atoms with E-state index in [9.17, 15) is 5.11 Å². The van der Waals surface area contributed by atoms with E-state index in [0.29, 0.717) is 5.92 Å². The molecular formula is C10H18N2OS. The van der Waals surface area contributed by atoms with Gasteiger partial charge in [-0.25, -0.2) is 0 Å². The first-order valence-corrected chi connectivity index (χ1v) is 6.00. The molecule has 0 aliphatic heterocycles. The van der Waals surface area contributed by atoms with Crippen molar-refractivity contribution in [3.63, 3.8) is 0 Å². The summed E-state index contributed by atoms with van der Waals surface area (Å²) < 4.78 is 1.71. The van der Waals surface area contributed by atoms with Gasteiger partial charge in [0.05, 0.1) is 5.69 Å². The second kappa shape index (κ2) is 5.41. The third-order valence-corrected chi connectivity index (χ3v) is 3.26. The third kappa shape index (κ3) is 3.72. The molecule has 0 aliphatic carbocycles. The van der Waals surface area contributed by atoms with Gasteiger partial charge in [0, 0.05) is 19.0 Å². The highest BCUT2D eigenvalue weighted by Gasteiger charge is 2.10. The van der Waals surface area contributed by atoms with E-state index in [-0.39, 0.29) is 0 Å². The van der Waals surface area contributed by atoms with Gasteiger partial charge < -0.3 is 5.11 Å². The van der Waals surface area contributed by atoms with Crippen LogP contribution in [0.5, 0.6) is 0 Å². The summed E-state index contributed by atoms with van der Waals surface area (Å²) in [6, 6.07) is 1.86. The first kappa shape index (κ1) is 11.6. The lowest BCUT2D eigenvalue weighted by Crippen LogP contribution is -2.04. The summed E-state index contributed by atoms with van der Waals surface area (Å²) in [7, 11) is 1.86. The van der Waals surface area contributed by atoms with E-state index in [1.165, 1.54) is 0 Å². The first-order chi connectivity index (χ1) is 6.59. The van der Waals surface area contributed by atoms with Gasteiger partial charge in [-0.3, -0.25) is 4.68 Å². The first-order valence-electron chi connectivity index (χ1n) is 4.85. The van der Waals surface area contributed by atoms with Gasteiger partial charge in [0.2, 0.25) is 0 Å². The van der Waals surface area contributed by atoms with Crippen LogP contribution in [0.3, 0.4) is 0 Å². The molecule has 0 amide bonds. The average molecular weight is 214 g/mol. The van der Waals surface area contributed by atoms with Gasteiger partial charge in [-0.2, -0.15) is 16.9 Å². The van der Waals surface area contributed by atoms with Gasteiger partial charge in [0.1, 0.15) is 6.10 Å². The molecule has 14 heavy (non-hydrogen) atoms. The van der Waals surface area contributed by atoms with Crippen LogP contribution in [-0.4, -0.2) is 26.4 Å². The number of hydrogen-bond acceptors (Lipinski definition) is 3. The van der Waals surface area contributed by atoms with Crippen molar-refractivity contribution in [3.05, 3.63) is 18.0 Å². The Bertz CT molecular complexity index is 273. The molecule has 0 saturated heterocycles. The molecule has 80 valence electrons. The highest BCUT2D eigenvalue weighted by atomic mass is 32.2. The second-order valence-corrected chi connectivity index (χ2v) is 4.94. The fourth-order valence-electron chi connectivity index (χ4n) is 1.11. The van der Waals surface area contributed by atoms with Crippen molar-refractivity contribution in [2.45, 2.75) is 20.0 Å². The Labute approximate surface area is 89.5 Å². The lowest BCUT2D eigenvalue weighted by atomic mass is 10.3. The molecule has 0 aliphatic rings. The Morgan fingerprint density at radius 3 is 2.71 bits per heavy atom. The van der Waals surface area contributed by atoms with Crippen molar-refractivity contribution in [1.82, 2.24) is 9.78 Å². The van der Waals surface area contributed by atoms with Crippen molar-refractivity contribution in [1.29, 1.82) is 0 Å². The van der Waals surface area contributed by atoms with Crippen molar-refractivity contribution in [2.24, 2.45) is 13.0 Å². The summed E-state index contributed by atoms with van der Waals surface area (Å²) in [5, 5.41) is 13.9. The smallest absolute Gasteiger partial charge is 0.107 e. The molecule has 1 unspecified atom stereocenters. The molecule has 0 spiro atoms. The van der Waals surface area contributed by atoms with Gasteiger partial charge >= 0.3 is 0 Å². The molecule has 0 bridgehead atoms. The van der Waals surface area contributed by atoms with Crippen LogP contribution in [0.2, 0.25) is 0 Å². The second-order valence-electron chi connectivity index (χ2n) is 3.86. The van der Waals surface area contributed by atoms with Gasteiger partial charge in [-0.1, -0.05) is 13.8 Å². The van der Waals surface area contributed by atoms with Crippen LogP contribution < -0.4 is 0 Å². The highest BCUT2D eigenvalue weighted by molar-refractivity contribution is 7.99. The zero-order valence-corrected chi connectivity index (χ0v) is 9.79. The molecule has 1 aromatic heterocycles. The quantitative estimate of drug-likeness (QED) is 0.813. The van der Waals surface area contributed by atoms with Gasteiger partial charge in [0.15, 0.2) is 0 Å². The number of aliphatic hydroxyl groups excluding tert-OH is 1. The van der Waals surface area contributed by atoms with Crippen LogP contribution in [0.1, 0.15) is 25.6 Å². The topological polar surface area (TPSA) is 38.0 Å². The number of aryl methyl sites for hydroxylation is 1. The van der Waals surface area contributed by atoms with Gasteiger partial charge in [-0.05, 0) is 17.7 Å². The Kier molecular flexibility index (Phi) is 4.48. The molecule has 0 saturated carbocycles. The van der Waals surface area contributed by atoms with Crippen LogP contribution in [0.4, 0.5) is 0 Å². The Morgan fingerprint density at radius 1 is 1.50 bits per heavy atom. The maximum absolute atomic E-state index is 9.75. The summed E-state index contributed by atoms with van der Waals surface area (Å²) in [6.45, 7) is 4.36. The molecule has 1 atom stereocenters. The zero-order valence-electron chi connectivity index (χ0n) is 8.97. The van der Waals surface area contributed by atoms with Gasteiger partial charge in [-0.15, -0.1) is 0 Å². The minimum Gasteiger partial charge on any atom is -0.386 e. The number of nitrogens with zero attached hydrogens (tertiary/aromatic N) is 2. The molecule has 4 heteroatoms. The van der Waals surface area contributed by atoms with Crippen LogP contribution in [0.25, 0.3) is 0 Å². The number of thioether (sulfide) groups is 1. The molecule has 1 aromatic rings. The van der Waals surface area contributed by atoms with E-state index in [1.807, 2.05) is 19.3 Å². The monoisotopic (exact) mass is 214 g/mol. The van der Waals surface area contributed by atoms with Crippen LogP contribution in [-0.2, 0) is 7.05 Å². The summed E-state index contributed by atoms with van der Waals surface area (Å²) in [5.41, 5.74) is 0.767. The van der Waals surface area contributed by atoms with E-state index in [1.54, 1.807) is 16.4 Å². The molecule has 0 radical (unpaired) electrons. The summed E-state index contributed by atoms with van der Waals surface area (Å²) in [6.07, 6.45) is 1.42. The fourth-order valence-corrected chi connectivity index (χ4v) is 2.11. The molecule has 1 N–H and O–H groups in total. The van der Waals surface area contributed by atoms with Crippen molar-refractivity contribution in [3.8, 4) is 0 Å². The SMILES string of the molecule is CC(C)CSCC(O)c1ccn(C)n1. The molecular weight excluding hydrogens is 196 g/mol. The zero-order chi connectivity index (χ0) is 10.6. The predicted octanol–water partition coefficient (Wildman–Crippen LogP) is 1.84. The Morgan fingerprint density at radius 2 is 2.21 bits per heavy atom. The maximum Gasteiger partial charge on any atom is 0.107 e. The Balaban J connectivity index is 2.32. The third-order valence-electron chi connectivity index (χ3n) is 1.80. The summed E-state index contributed by atoms with van der Waals surface area (Å²) in [5.74, 6) is 2.50. The number of rotatable bonds is 5. The van der Waals surface area contributed by atoms with Crippen LogP contribution in [0, 0.1) is 5.92 Å². The fraction of sp³-hybridized carbons (Fsp3) is 0.700. The van der Waals surface area contributed by atoms with E-state index in [4.69, 9.17) is 0 Å². The number of aliphatic hydroxyl groups is 1. The lowest BCUT2D eigenvalue weighted by Gasteiger charge is -2.08. The number of hydrogen-bond donors (Lipinski definition) is 1. The minimum atomic E-state index is -0.431. The van der Waals surface area contributed by atoms with E-state index >= 15 is 0 Å². The minimum absolute atomic E-state index is 0.431. The predicted molar refractivity (Wildman–Crippen MR) is 60.3 cm³/mol. The summed E-state index contributed by atoms with van der Waals surface area (Å²) in [4.78, 5) is 0. The lowest BCUT2D eigenvalue weighted by molar-refractivity contribution is 0.198. The molecule has 0 fully saturated rings. The largest absolute Gasteiger partial charge is 0.386 e. The molecule has 1 rings (SSSR count). The van der Waals surface area contributed by atoms with E-state index < -0.39 is 6.10 Å². The van der Waals surface area contributed by atoms with Crippen molar-refractivity contribution >= 4 is 11.8 Å². The average Bonchev–Trinajstić information content (AvgIpc) is 2.51. The molecule has 0 aromatic carbocycles. The summed E-state index contributed by atoms with van der Waals surface area (Å²) >= 11 is 1.77. The molecule has 1 heterocycles. The van der Waals surface area contributed by atoms with E-state index in [2.05, 4.69) is 18.9 Å². The van der Waals surface area contributed by atoms with Crippen LogP contribution in [0.15, 0.2) is 12.3 Å².